The van der Waals surface area contributed by atoms with Gasteiger partial charge < -0.3 is 9.47 Å². The van der Waals surface area contributed by atoms with E-state index in [-0.39, 0.29) is 5.91 Å². The van der Waals surface area contributed by atoms with Gasteiger partial charge in [0.25, 0.3) is 5.91 Å². The topological polar surface area (TPSA) is 66.8 Å². The third-order valence-corrected chi connectivity index (χ3v) is 4.61. The van der Waals surface area contributed by atoms with Crippen LogP contribution in [-0.2, 0) is 0 Å². The lowest BCUT2D eigenvalue weighted by Gasteiger charge is -2.33. The first-order valence-electron chi connectivity index (χ1n) is 7.96. The maximum atomic E-state index is 12.9. The van der Waals surface area contributed by atoms with Crippen LogP contribution in [0.25, 0.3) is 10.9 Å². The van der Waals surface area contributed by atoms with Crippen LogP contribution in [0.3, 0.4) is 0 Å². The van der Waals surface area contributed by atoms with Crippen molar-refractivity contribution in [3.05, 3.63) is 48.2 Å². The molecule has 6 nitrogen and oxygen atoms in total. The SMILES string of the molecule is Cc1nccn1[C@@H]1CCCN(C(=O)c2n[nH]c3ccccc23)C1. The molecule has 1 atom stereocenters. The van der Waals surface area contributed by atoms with E-state index in [9.17, 15) is 4.79 Å². The first-order chi connectivity index (χ1) is 11.2. The number of carbonyl (C=O) groups excluding carboxylic acids is 1. The van der Waals surface area contributed by atoms with E-state index in [4.69, 9.17) is 0 Å². The summed E-state index contributed by atoms with van der Waals surface area (Å²) in [6.07, 6.45) is 5.88. The van der Waals surface area contributed by atoms with Crippen LogP contribution in [0.5, 0.6) is 0 Å². The minimum Gasteiger partial charge on any atom is -0.335 e. The average molecular weight is 309 g/mol. The molecule has 118 valence electrons. The smallest absolute Gasteiger partial charge is 0.275 e. The van der Waals surface area contributed by atoms with Gasteiger partial charge in [-0.25, -0.2) is 4.98 Å². The number of aromatic nitrogens is 4. The van der Waals surface area contributed by atoms with Crippen LogP contribution in [0.2, 0.25) is 0 Å². The Labute approximate surface area is 134 Å². The average Bonchev–Trinajstić information content (AvgIpc) is 3.20. The van der Waals surface area contributed by atoms with Crippen molar-refractivity contribution in [2.75, 3.05) is 13.1 Å². The molecule has 2 aromatic heterocycles. The number of aromatic amines is 1. The Morgan fingerprint density at radius 3 is 3.04 bits per heavy atom. The monoisotopic (exact) mass is 309 g/mol. The van der Waals surface area contributed by atoms with Crippen molar-refractivity contribution in [3.8, 4) is 0 Å². The summed E-state index contributed by atoms with van der Waals surface area (Å²) in [5.41, 5.74) is 1.42. The van der Waals surface area contributed by atoms with Crippen molar-refractivity contribution in [1.29, 1.82) is 0 Å². The molecule has 3 aromatic rings. The number of hydrogen-bond donors (Lipinski definition) is 1. The summed E-state index contributed by atoms with van der Waals surface area (Å²) in [4.78, 5) is 19.1. The number of piperidine rings is 1. The Kier molecular flexibility index (Phi) is 3.37. The highest BCUT2D eigenvalue weighted by Gasteiger charge is 2.28. The van der Waals surface area contributed by atoms with Crippen molar-refractivity contribution < 1.29 is 4.79 Å². The number of hydrogen-bond acceptors (Lipinski definition) is 3. The third kappa shape index (κ3) is 2.40. The van der Waals surface area contributed by atoms with Gasteiger partial charge in [-0.1, -0.05) is 18.2 Å². The molecule has 0 spiro atoms. The first kappa shape index (κ1) is 14.0. The molecular formula is C17H19N5O. The third-order valence-electron chi connectivity index (χ3n) is 4.61. The van der Waals surface area contributed by atoms with Gasteiger partial charge in [-0.3, -0.25) is 9.89 Å². The summed E-state index contributed by atoms with van der Waals surface area (Å²) < 4.78 is 2.17. The minimum absolute atomic E-state index is 0.00455. The van der Waals surface area contributed by atoms with E-state index in [1.165, 1.54) is 0 Å². The van der Waals surface area contributed by atoms with Crippen LogP contribution in [-0.4, -0.2) is 43.6 Å². The van der Waals surface area contributed by atoms with Crippen LogP contribution in [0, 0.1) is 6.92 Å². The van der Waals surface area contributed by atoms with Gasteiger partial charge >= 0.3 is 0 Å². The molecule has 0 unspecified atom stereocenters. The molecule has 0 bridgehead atoms. The quantitative estimate of drug-likeness (QED) is 0.791. The number of likely N-dealkylation sites (tertiary alicyclic amines) is 1. The Bertz CT molecular complexity index is 849. The second-order valence-electron chi connectivity index (χ2n) is 6.05. The number of amides is 1. The van der Waals surface area contributed by atoms with Crippen molar-refractivity contribution in [1.82, 2.24) is 24.6 Å². The summed E-state index contributed by atoms with van der Waals surface area (Å²) in [6, 6.07) is 8.04. The molecule has 1 amide bonds. The van der Waals surface area contributed by atoms with Gasteiger partial charge in [0.1, 0.15) is 5.82 Å². The lowest BCUT2D eigenvalue weighted by atomic mass is 10.0. The lowest BCUT2D eigenvalue weighted by molar-refractivity contribution is 0.0674. The van der Waals surface area contributed by atoms with Gasteiger partial charge in [-0.15, -0.1) is 0 Å². The van der Waals surface area contributed by atoms with E-state index < -0.39 is 0 Å². The Hall–Kier alpha value is -2.63. The van der Waals surface area contributed by atoms with Crippen LogP contribution in [0.4, 0.5) is 0 Å². The number of rotatable bonds is 2. The van der Waals surface area contributed by atoms with Crippen molar-refractivity contribution >= 4 is 16.8 Å². The van der Waals surface area contributed by atoms with E-state index in [0.29, 0.717) is 18.3 Å². The van der Waals surface area contributed by atoms with Crippen molar-refractivity contribution in [2.45, 2.75) is 25.8 Å². The molecule has 1 N–H and O–H groups in total. The summed E-state index contributed by atoms with van der Waals surface area (Å²) in [5.74, 6) is 0.999. The van der Waals surface area contributed by atoms with Crippen LogP contribution >= 0.6 is 0 Å². The standard InChI is InChI=1S/C17H19N5O/c1-12-18-8-10-22(12)13-5-4-9-21(11-13)17(23)16-14-6-2-3-7-15(14)19-20-16/h2-3,6-8,10,13H,4-5,9,11H2,1H3,(H,19,20)/t13-/m1/s1. The Morgan fingerprint density at radius 2 is 2.22 bits per heavy atom. The zero-order valence-corrected chi connectivity index (χ0v) is 13.1. The summed E-state index contributed by atoms with van der Waals surface area (Å²) >= 11 is 0. The normalized spacial score (nSPS) is 18.5. The fourth-order valence-corrected chi connectivity index (χ4v) is 3.42. The first-order valence-corrected chi connectivity index (χ1v) is 7.96. The maximum absolute atomic E-state index is 12.9. The van der Waals surface area contributed by atoms with Gasteiger partial charge in [0.15, 0.2) is 5.69 Å². The molecule has 0 saturated carbocycles. The van der Waals surface area contributed by atoms with Crippen molar-refractivity contribution in [3.63, 3.8) is 0 Å². The highest BCUT2D eigenvalue weighted by molar-refractivity contribution is 6.04. The van der Waals surface area contributed by atoms with Crippen LogP contribution in [0.1, 0.15) is 35.2 Å². The second-order valence-corrected chi connectivity index (χ2v) is 6.05. The molecule has 0 aliphatic carbocycles. The van der Waals surface area contributed by atoms with E-state index in [1.54, 1.807) is 0 Å². The zero-order chi connectivity index (χ0) is 15.8. The van der Waals surface area contributed by atoms with E-state index >= 15 is 0 Å². The van der Waals surface area contributed by atoms with E-state index in [1.807, 2.05) is 48.5 Å². The number of carbonyl (C=O) groups is 1. The molecule has 1 fully saturated rings. The predicted octanol–water partition coefficient (Wildman–Crippen LogP) is 2.55. The molecule has 0 radical (unpaired) electrons. The van der Waals surface area contributed by atoms with Crippen LogP contribution < -0.4 is 0 Å². The maximum Gasteiger partial charge on any atom is 0.275 e. The van der Waals surface area contributed by atoms with E-state index in [2.05, 4.69) is 19.7 Å². The molecule has 1 saturated heterocycles. The molecule has 23 heavy (non-hydrogen) atoms. The Morgan fingerprint density at radius 1 is 1.35 bits per heavy atom. The molecule has 1 aromatic carbocycles. The number of para-hydroxylation sites is 1. The highest BCUT2D eigenvalue weighted by atomic mass is 16.2. The molecule has 1 aliphatic rings. The molecule has 1 aliphatic heterocycles. The molecule has 3 heterocycles. The second kappa shape index (κ2) is 5.53. The number of nitrogens with one attached hydrogen (secondary N) is 1. The highest BCUT2D eigenvalue weighted by Crippen LogP contribution is 2.25. The number of benzene rings is 1. The number of fused-ring (bicyclic) bond motifs is 1. The molecule has 6 heteroatoms. The Balaban J connectivity index is 1.60. The number of imidazole rings is 1. The van der Waals surface area contributed by atoms with Crippen molar-refractivity contribution in [2.24, 2.45) is 0 Å². The van der Waals surface area contributed by atoms with Gasteiger partial charge in [0.2, 0.25) is 0 Å². The summed E-state index contributed by atoms with van der Waals surface area (Å²) in [7, 11) is 0. The lowest BCUT2D eigenvalue weighted by Crippen LogP contribution is -2.41. The van der Waals surface area contributed by atoms with Crippen LogP contribution in [0.15, 0.2) is 36.7 Å². The predicted molar refractivity (Wildman–Crippen MR) is 87.2 cm³/mol. The van der Waals surface area contributed by atoms with E-state index in [0.717, 1.165) is 36.1 Å². The number of nitrogens with zero attached hydrogens (tertiary/aromatic N) is 4. The number of aryl methyl sites for hydroxylation is 1. The largest absolute Gasteiger partial charge is 0.335 e. The summed E-state index contributed by atoms with van der Waals surface area (Å²) in [5, 5.41) is 8.07. The summed E-state index contributed by atoms with van der Waals surface area (Å²) in [6.45, 7) is 3.49. The number of H-pyrrole nitrogens is 1. The zero-order valence-electron chi connectivity index (χ0n) is 13.1. The molecule has 4 rings (SSSR count). The molecular weight excluding hydrogens is 290 g/mol. The minimum atomic E-state index is 0.00455. The van der Waals surface area contributed by atoms with Gasteiger partial charge in [0.05, 0.1) is 11.6 Å². The van der Waals surface area contributed by atoms with Gasteiger partial charge in [-0.05, 0) is 25.8 Å². The van der Waals surface area contributed by atoms with Gasteiger partial charge in [-0.2, -0.15) is 5.10 Å². The fraction of sp³-hybridized carbons (Fsp3) is 0.353. The fourth-order valence-electron chi connectivity index (χ4n) is 3.42. The van der Waals surface area contributed by atoms with Gasteiger partial charge in [0, 0.05) is 30.9 Å².